The molecular weight excluding hydrogens is 514 g/mol. The van der Waals surface area contributed by atoms with Gasteiger partial charge in [-0.2, -0.15) is 0 Å². The lowest BCUT2D eigenvalue weighted by Gasteiger charge is -2.26. The minimum absolute atomic E-state index is 0.0450. The number of carbonyl (C=O) groups is 2. The molecule has 9 nitrogen and oxygen atoms in total. The highest BCUT2D eigenvalue weighted by Gasteiger charge is 2.46. The van der Waals surface area contributed by atoms with Crippen molar-refractivity contribution in [3.8, 4) is 23.0 Å². The monoisotopic (exact) mass is 547 g/mol. The zero-order valence-corrected chi connectivity index (χ0v) is 23.2. The average Bonchev–Trinajstić information content (AvgIpc) is 3.23. The van der Waals surface area contributed by atoms with Gasteiger partial charge in [-0.15, -0.1) is 0 Å². The molecule has 1 atom stereocenters. The third-order valence-corrected chi connectivity index (χ3v) is 6.78. The number of aryl methyl sites for hydroxylation is 1. The molecule has 0 spiro atoms. The first-order valence-corrected chi connectivity index (χ1v) is 12.7. The van der Waals surface area contributed by atoms with Gasteiger partial charge in [-0.05, 0) is 53.9 Å². The number of hydrogen-bond acceptors (Lipinski definition) is 8. The van der Waals surface area contributed by atoms with Gasteiger partial charge >= 0.3 is 0 Å². The van der Waals surface area contributed by atoms with Crippen molar-refractivity contribution >= 4 is 17.4 Å². The summed E-state index contributed by atoms with van der Waals surface area (Å²) >= 11 is 0. The molecule has 210 valence electrons. The lowest BCUT2D eigenvalue weighted by Crippen LogP contribution is -2.32. The Bertz CT molecular complexity index is 1390. The largest absolute Gasteiger partial charge is 0.507 e. The van der Waals surface area contributed by atoms with Gasteiger partial charge in [0.2, 0.25) is 5.75 Å². The highest BCUT2D eigenvalue weighted by atomic mass is 16.5. The number of hydrogen-bond donors (Lipinski definition) is 1. The highest BCUT2D eigenvalue weighted by Crippen LogP contribution is 2.46. The summed E-state index contributed by atoms with van der Waals surface area (Å²) in [7, 11) is 5.96. The predicted octanol–water partition coefficient (Wildman–Crippen LogP) is 4.67. The average molecular weight is 548 g/mol. The van der Waals surface area contributed by atoms with E-state index in [9.17, 15) is 14.7 Å². The van der Waals surface area contributed by atoms with Gasteiger partial charge in [0, 0.05) is 19.2 Å². The van der Waals surface area contributed by atoms with Crippen molar-refractivity contribution in [2.45, 2.75) is 19.6 Å². The molecule has 1 heterocycles. The van der Waals surface area contributed by atoms with Crippen molar-refractivity contribution in [1.82, 2.24) is 4.90 Å². The van der Waals surface area contributed by atoms with Crippen molar-refractivity contribution in [1.29, 1.82) is 0 Å². The normalized spacial score (nSPS) is 16.2. The second kappa shape index (κ2) is 12.6. The van der Waals surface area contributed by atoms with Gasteiger partial charge in [0.1, 0.15) is 18.1 Å². The second-order valence-corrected chi connectivity index (χ2v) is 9.19. The number of benzene rings is 3. The molecular formula is C31H33NO8. The summed E-state index contributed by atoms with van der Waals surface area (Å²) in [6.45, 7) is 2.52. The number of ketones is 1. The van der Waals surface area contributed by atoms with Gasteiger partial charge in [0.15, 0.2) is 11.5 Å². The van der Waals surface area contributed by atoms with E-state index in [1.807, 2.05) is 30.3 Å². The van der Waals surface area contributed by atoms with E-state index in [0.29, 0.717) is 46.3 Å². The Labute approximate surface area is 233 Å². The molecule has 0 aliphatic carbocycles. The minimum Gasteiger partial charge on any atom is -0.507 e. The maximum absolute atomic E-state index is 13.4. The maximum Gasteiger partial charge on any atom is 0.295 e. The number of aliphatic hydroxyl groups excluding tert-OH is 1. The van der Waals surface area contributed by atoms with Crippen LogP contribution in [0.2, 0.25) is 0 Å². The Morgan fingerprint density at radius 3 is 2.15 bits per heavy atom. The summed E-state index contributed by atoms with van der Waals surface area (Å²) in [5.74, 6) is -0.141. The van der Waals surface area contributed by atoms with Gasteiger partial charge < -0.3 is 33.7 Å². The summed E-state index contributed by atoms with van der Waals surface area (Å²) in [6, 6.07) is 17.4. The van der Waals surface area contributed by atoms with Crippen LogP contribution in [0.5, 0.6) is 23.0 Å². The van der Waals surface area contributed by atoms with E-state index in [1.165, 1.54) is 33.3 Å². The molecule has 1 amide bonds. The van der Waals surface area contributed by atoms with Crippen LogP contribution in [0.15, 0.2) is 66.2 Å². The van der Waals surface area contributed by atoms with Crippen LogP contribution in [-0.4, -0.2) is 63.3 Å². The van der Waals surface area contributed by atoms with Gasteiger partial charge in [-0.25, -0.2) is 0 Å². The van der Waals surface area contributed by atoms with Gasteiger partial charge in [-0.1, -0.05) is 30.3 Å². The fourth-order valence-corrected chi connectivity index (χ4v) is 4.78. The van der Waals surface area contributed by atoms with E-state index >= 15 is 0 Å². The van der Waals surface area contributed by atoms with Gasteiger partial charge in [0.25, 0.3) is 11.7 Å². The molecule has 3 aromatic carbocycles. The summed E-state index contributed by atoms with van der Waals surface area (Å²) in [5.41, 5.74) is 2.57. The Morgan fingerprint density at radius 2 is 1.57 bits per heavy atom. The van der Waals surface area contributed by atoms with E-state index in [0.717, 1.165) is 5.56 Å². The van der Waals surface area contributed by atoms with Crippen LogP contribution in [-0.2, 0) is 20.9 Å². The third-order valence-electron chi connectivity index (χ3n) is 6.78. The summed E-state index contributed by atoms with van der Waals surface area (Å²) in [6.07, 6.45) is 0. The van der Waals surface area contributed by atoms with Crippen LogP contribution in [0.4, 0.5) is 0 Å². The van der Waals surface area contributed by atoms with Crippen molar-refractivity contribution < 1.29 is 38.4 Å². The lowest BCUT2D eigenvalue weighted by molar-refractivity contribution is -0.140. The molecule has 0 saturated carbocycles. The first kappa shape index (κ1) is 28.5. The van der Waals surface area contributed by atoms with Crippen LogP contribution < -0.4 is 18.9 Å². The Morgan fingerprint density at radius 1 is 0.900 bits per heavy atom. The SMILES string of the molecule is COCCN1C(=O)C(=O)/C(=C(/O)c2ccc(OCc3ccccc3)cc2C)[C@@H]1c1cc(OC)c(OC)c(OC)c1. The van der Waals surface area contributed by atoms with Crippen molar-refractivity contribution in [3.05, 3.63) is 88.5 Å². The van der Waals surface area contributed by atoms with E-state index in [-0.39, 0.29) is 24.5 Å². The maximum atomic E-state index is 13.4. The predicted molar refractivity (Wildman–Crippen MR) is 149 cm³/mol. The Balaban J connectivity index is 1.79. The summed E-state index contributed by atoms with van der Waals surface area (Å²) in [4.78, 5) is 28.0. The number of nitrogens with zero attached hydrogens (tertiary/aromatic N) is 1. The van der Waals surface area contributed by atoms with Crippen molar-refractivity contribution in [2.24, 2.45) is 0 Å². The second-order valence-electron chi connectivity index (χ2n) is 9.19. The topological polar surface area (TPSA) is 104 Å². The molecule has 40 heavy (non-hydrogen) atoms. The van der Waals surface area contributed by atoms with E-state index in [4.69, 9.17) is 23.7 Å². The number of amides is 1. The molecule has 1 aliphatic rings. The fraction of sp³-hybridized carbons (Fsp3) is 0.290. The number of likely N-dealkylation sites (tertiary alicyclic amines) is 1. The Kier molecular flexibility index (Phi) is 8.96. The molecule has 1 fully saturated rings. The molecule has 0 bridgehead atoms. The summed E-state index contributed by atoms with van der Waals surface area (Å²) in [5, 5.41) is 11.5. The molecule has 9 heteroatoms. The highest BCUT2D eigenvalue weighted by molar-refractivity contribution is 6.46. The number of methoxy groups -OCH3 is 4. The van der Waals surface area contributed by atoms with Crippen molar-refractivity contribution in [3.63, 3.8) is 0 Å². The molecule has 1 aliphatic heterocycles. The van der Waals surface area contributed by atoms with Gasteiger partial charge in [0.05, 0.1) is 39.6 Å². The standard InChI is InChI=1S/C31H33NO8/c1-19-15-22(40-18-20-9-7-6-8-10-20)11-12-23(19)28(33)26-27(32(13-14-36-2)31(35)29(26)34)21-16-24(37-3)30(39-5)25(17-21)38-4/h6-12,15-17,27,33H,13-14,18H2,1-5H3/b28-26+/t27-/m0/s1. The Hall–Kier alpha value is -4.50. The zero-order valence-electron chi connectivity index (χ0n) is 23.2. The zero-order chi connectivity index (χ0) is 28.8. The molecule has 0 unspecified atom stereocenters. The fourth-order valence-electron chi connectivity index (χ4n) is 4.78. The van der Waals surface area contributed by atoms with Crippen LogP contribution in [0.3, 0.4) is 0 Å². The molecule has 3 aromatic rings. The first-order valence-electron chi connectivity index (χ1n) is 12.7. The molecule has 0 radical (unpaired) electrons. The number of ether oxygens (including phenoxy) is 5. The van der Waals surface area contributed by atoms with Crippen LogP contribution in [0.1, 0.15) is 28.3 Å². The first-order chi connectivity index (χ1) is 19.3. The number of Topliss-reactive ketones (excluding diaryl/α,β-unsaturated/α-hetero) is 1. The quantitative estimate of drug-likeness (QED) is 0.210. The van der Waals surface area contributed by atoms with Crippen LogP contribution in [0.25, 0.3) is 5.76 Å². The van der Waals surface area contributed by atoms with Crippen LogP contribution in [0, 0.1) is 6.92 Å². The molecule has 1 N–H and O–H groups in total. The third kappa shape index (κ3) is 5.60. The molecule has 0 aromatic heterocycles. The van der Waals surface area contributed by atoms with Gasteiger partial charge in [-0.3, -0.25) is 9.59 Å². The molecule has 4 rings (SSSR count). The summed E-state index contributed by atoms with van der Waals surface area (Å²) < 4.78 is 27.6. The molecule has 1 saturated heterocycles. The smallest absolute Gasteiger partial charge is 0.295 e. The van der Waals surface area contributed by atoms with E-state index in [1.54, 1.807) is 37.3 Å². The van der Waals surface area contributed by atoms with E-state index in [2.05, 4.69) is 0 Å². The number of aliphatic hydroxyl groups is 1. The lowest BCUT2D eigenvalue weighted by atomic mass is 9.93. The van der Waals surface area contributed by atoms with Crippen molar-refractivity contribution in [2.75, 3.05) is 41.6 Å². The number of rotatable bonds is 11. The number of carbonyl (C=O) groups excluding carboxylic acids is 2. The minimum atomic E-state index is -0.919. The van der Waals surface area contributed by atoms with Crippen LogP contribution >= 0.6 is 0 Å². The van der Waals surface area contributed by atoms with E-state index < -0.39 is 17.7 Å².